The van der Waals surface area contributed by atoms with Gasteiger partial charge in [0.05, 0.1) is 4.90 Å². The number of anilines is 1. The highest BCUT2D eigenvalue weighted by molar-refractivity contribution is 7.89. The molecule has 0 aromatic heterocycles. The molecule has 0 aliphatic heterocycles. The van der Waals surface area contributed by atoms with Crippen molar-refractivity contribution in [1.29, 1.82) is 0 Å². The van der Waals surface area contributed by atoms with Crippen LogP contribution in [0.5, 0.6) is 5.75 Å². The van der Waals surface area contributed by atoms with Gasteiger partial charge in [0.25, 0.3) is 5.91 Å². The maximum atomic E-state index is 12.2. The van der Waals surface area contributed by atoms with Gasteiger partial charge < -0.3 is 10.1 Å². The fourth-order valence-corrected chi connectivity index (χ4v) is 3.69. The van der Waals surface area contributed by atoms with E-state index < -0.39 is 10.0 Å². The summed E-state index contributed by atoms with van der Waals surface area (Å²) >= 11 is 0. The topological polar surface area (TPSA) is 84.5 Å². The molecule has 0 aliphatic carbocycles. The minimum Gasteiger partial charge on any atom is -0.483 e. The number of ether oxygens (including phenoxy) is 1. The van der Waals surface area contributed by atoms with Crippen LogP contribution >= 0.6 is 0 Å². The third kappa shape index (κ3) is 5.80. The number of hydrogen-bond donors (Lipinski definition) is 2. The molecule has 146 valence electrons. The van der Waals surface area contributed by atoms with Gasteiger partial charge in [-0.15, -0.1) is 0 Å². The largest absolute Gasteiger partial charge is 0.483 e. The zero-order valence-corrected chi connectivity index (χ0v) is 16.9. The summed E-state index contributed by atoms with van der Waals surface area (Å²) in [7, 11) is -3.53. The van der Waals surface area contributed by atoms with Crippen LogP contribution in [-0.4, -0.2) is 27.5 Å². The Labute approximate surface area is 161 Å². The molecular formula is C20H26N2O4S. The van der Waals surface area contributed by atoms with Crippen LogP contribution < -0.4 is 14.8 Å². The quantitative estimate of drug-likeness (QED) is 0.724. The molecule has 7 heteroatoms. The molecule has 0 atom stereocenters. The van der Waals surface area contributed by atoms with Crippen LogP contribution in [-0.2, 0) is 14.8 Å². The van der Waals surface area contributed by atoms with Crippen LogP contribution in [0.3, 0.4) is 0 Å². The zero-order valence-electron chi connectivity index (χ0n) is 16.1. The van der Waals surface area contributed by atoms with Crippen LogP contribution in [0.15, 0.2) is 41.3 Å². The maximum absolute atomic E-state index is 12.2. The van der Waals surface area contributed by atoms with E-state index in [9.17, 15) is 13.2 Å². The van der Waals surface area contributed by atoms with Crippen molar-refractivity contribution in [2.45, 2.75) is 39.0 Å². The predicted molar refractivity (Wildman–Crippen MR) is 107 cm³/mol. The second-order valence-corrected chi connectivity index (χ2v) is 8.25. The van der Waals surface area contributed by atoms with Gasteiger partial charge in [-0.05, 0) is 68.1 Å². The number of amides is 1. The van der Waals surface area contributed by atoms with Crippen molar-refractivity contribution in [3.8, 4) is 5.75 Å². The fraction of sp³-hybridized carbons (Fsp3) is 0.350. The van der Waals surface area contributed by atoms with Gasteiger partial charge in [0, 0.05) is 12.2 Å². The zero-order chi connectivity index (χ0) is 20.0. The molecule has 0 saturated heterocycles. The number of hydrogen-bond acceptors (Lipinski definition) is 4. The van der Waals surface area contributed by atoms with Crippen molar-refractivity contribution in [2.75, 3.05) is 18.5 Å². The lowest BCUT2D eigenvalue weighted by molar-refractivity contribution is -0.118. The summed E-state index contributed by atoms with van der Waals surface area (Å²) in [4.78, 5) is 12.3. The van der Waals surface area contributed by atoms with E-state index in [0.29, 0.717) is 17.9 Å². The molecule has 2 rings (SSSR count). The van der Waals surface area contributed by atoms with Gasteiger partial charge in [0.15, 0.2) is 6.61 Å². The monoisotopic (exact) mass is 390 g/mol. The normalized spacial score (nSPS) is 11.3. The third-order valence-corrected chi connectivity index (χ3v) is 5.48. The van der Waals surface area contributed by atoms with E-state index in [-0.39, 0.29) is 17.4 Å². The van der Waals surface area contributed by atoms with Crippen molar-refractivity contribution < 1.29 is 17.9 Å². The minimum atomic E-state index is -3.53. The number of nitrogens with one attached hydrogen (secondary N) is 2. The highest BCUT2D eigenvalue weighted by Gasteiger charge is 2.15. The summed E-state index contributed by atoms with van der Waals surface area (Å²) < 4.78 is 32.4. The minimum absolute atomic E-state index is 0.158. The van der Waals surface area contributed by atoms with Crippen LogP contribution in [0.1, 0.15) is 30.0 Å². The number of carbonyl (C=O) groups excluding carboxylic acids is 1. The van der Waals surface area contributed by atoms with E-state index in [2.05, 4.69) is 10.0 Å². The van der Waals surface area contributed by atoms with Gasteiger partial charge in [0.1, 0.15) is 5.75 Å². The van der Waals surface area contributed by atoms with E-state index in [1.54, 1.807) is 13.0 Å². The Morgan fingerprint density at radius 1 is 1.04 bits per heavy atom. The van der Waals surface area contributed by atoms with Gasteiger partial charge in [0.2, 0.25) is 10.0 Å². The molecule has 0 radical (unpaired) electrons. The van der Waals surface area contributed by atoms with E-state index in [4.69, 9.17) is 4.74 Å². The first kappa shape index (κ1) is 20.9. The molecule has 2 N–H and O–H groups in total. The lowest BCUT2D eigenvalue weighted by Gasteiger charge is -2.13. The Morgan fingerprint density at radius 3 is 2.44 bits per heavy atom. The smallest absolute Gasteiger partial charge is 0.262 e. The van der Waals surface area contributed by atoms with Gasteiger partial charge in [-0.25, -0.2) is 13.1 Å². The number of sulfonamides is 1. The van der Waals surface area contributed by atoms with Crippen molar-refractivity contribution in [3.63, 3.8) is 0 Å². The Morgan fingerprint density at radius 2 is 1.78 bits per heavy atom. The van der Waals surface area contributed by atoms with Crippen molar-refractivity contribution >= 4 is 21.6 Å². The molecule has 2 aromatic carbocycles. The molecule has 0 fully saturated rings. The molecule has 27 heavy (non-hydrogen) atoms. The van der Waals surface area contributed by atoms with Crippen LogP contribution in [0.25, 0.3) is 0 Å². The average molecular weight is 391 g/mol. The summed E-state index contributed by atoms with van der Waals surface area (Å²) in [5.74, 6) is 0.199. The summed E-state index contributed by atoms with van der Waals surface area (Å²) in [5, 5.41) is 2.83. The predicted octanol–water partition coefficient (Wildman–Crippen LogP) is 3.32. The lowest BCUT2D eigenvalue weighted by Crippen LogP contribution is -2.24. The van der Waals surface area contributed by atoms with Gasteiger partial charge >= 0.3 is 0 Å². The second-order valence-electron chi connectivity index (χ2n) is 6.48. The SMILES string of the molecule is CCCNS(=O)(=O)c1ccc(OCC(=O)Nc2cc(C)ccc2C)c(C)c1. The Kier molecular flexibility index (Phi) is 6.98. The molecule has 2 aromatic rings. The summed E-state index contributed by atoms with van der Waals surface area (Å²) in [5.41, 5.74) is 3.43. The van der Waals surface area contributed by atoms with Crippen molar-refractivity contribution in [1.82, 2.24) is 4.72 Å². The standard InChI is InChI=1S/C20H26N2O4S/c1-5-10-21-27(24,25)17-8-9-19(16(4)12-17)26-13-20(23)22-18-11-14(2)6-7-15(18)3/h6-9,11-12,21H,5,10,13H2,1-4H3,(H,22,23). The molecule has 0 unspecified atom stereocenters. The van der Waals surface area contributed by atoms with E-state index in [1.165, 1.54) is 12.1 Å². The summed E-state index contributed by atoms with van der Waals surface area (Å²) in [6.45, 7) is 7.75. The lowest BCUT2D eigenvalue weighted by atomic mass is 10.1. The summed E-state index contributed by atoms with van der Waals surface area (Å²) in [6, 6.07) is 10.4. The van der Waals surface area contributed by atoms with Crippen molar-refractivity contribution in [2.24, 2.45) is 0 Å². The van der Waals surface area contributed by atoms with Gasteiger partial charge in [-0.3, -0.25) is 4.79 Å². The molecule has 0 spiro atoms. The Bertz CT molecular complexity index is 924. The van der Waals surface area contributed by atoms with Crippen LogP contribution in [0, 0.1) is 20.8 Å². The van der Waals surface area contributed by atoms with E-state index >= 15 is 0 Å². The highest BCUT2D eigenvalue weighted by Crippen LogP contribution is 2.22. The molecular weight excluding hydrogens is 364 g/mol. The first-order valence-corrected chi connectivity index (χ1v) is 10.3. The molecule has 0 heterocycles. The van der Waals surface area contributed by atoms with E-state index in [0.717, 1.165) is 23.2 Å². The highest BCUT2D eigenvalue weighted by atomic mass is 32.2. The van der Waals surface area contributed by atoms with E-state index in [1.807, 2.05) is 39.0 Å². The van der Waals surface area contributed by atoms with Gasteiger partial charge in [-0.1, -0.05) is 19.1 Å². The number of carbonyl (C=O) groups is 1. The second kappa shape index (κ2) is 9.01. The van der Waals surface area contributed by atoms with Crippen LogP contribution in [0.2, 0.25) is 0 Å². The molecule has 0 aliphatic rings. The van der Waals surface area contributed by atoms with Crippen molar-refractivity contribution in [3.05, 3.63) is 53.1 Å². The summed E-state index contributed by atoms with van der Waals surface area (Å²) in [6.07, 6.45) is 0.717. The van der Waals surface area contributed by atoms with Crippen LogP contribution in [0.4, 0.5) is 5.69 Å². The average Bonchev–Trinajstić information content (AvgIpc) is 2.62. The number of aryl methyl sites for hydroxylation is 3. The first-order valence-electron chi connectivity index (χ1n) is 8.83. The first-order chi connectivity index (χ1) is 12.7. The molecule has 0 saturated carbocycles. The molecule has 6 nitrogen and oxygen atoms in total. The maximum Gasteiger partial charge on any atom is 0.262 e. The fourth-order valence-electron chi connectivity index (χ4n) is 2.47. The third-order valence-electron chi connectivity index (χ3n) is 4.02. The number of rotatable bonds is 8. The van der Waals surface area contributed by atoms with Gasteiger partial charge in [-0.2, -0.15) is 0 Å². The Balaban J connectivity index is 2.01. The Hall–Kier alpha value is -2.38. The number of benzene rings is 2. The molecule has 1 amide bonds. The molecule has 0 bridgehead atoms.